The van der Waals surface area contributed by atoms with Gasteiger partial charge in [0.2, 0.25) is 0 Å². The Labute approximate surface area is 57.0 Å². The maximum Gasteiger partial charge on any atom is 0.0133 e. The zero-order valence-electron chi connectivity index (χ0n) is 6.14. The predicted octanol–water partition coefficient (Wildman–Crippen LogP) is 1.49. The van der Waals surface area contributed by atoms with Gasteiger partial charge in [0.1, 0.15) is 0 Å². The second-order valence-electron chi connectivity index (χ2n) is 3.54. The Morgan fingerprint density at radius 2 is 2.22 bits per heavy atom. The fourth-order valence-electron chi connectivity index (χ4n) is 2.24. The normalized spacial score (nSPS) is 43.7. The van der Waals surface area contributed by atoms with Crippen LogP contribution in [0.4, 0.5) is 0 Å². The van der Waals surface area contributed by atoms with Gasteiger partial charge in [-0.05, 0) is 25.3 Å². The highest BCUT2D eigenvalue weighted by atomic mass is 15.2. The summed E-state index contributed by atoms with van der Waals surface area (Å²) in [6.45, 7) is 5.14. The number of fused-ring (bicyclic) bond motifs is 1. The molecule has 0 radical (unpaired) electrons. The van der Waals surface area contributed by atoms with Crippen molar-refractivity contribution >= 4 is 0 Å². The molecule has 0 aromatic carbocycles. The topological polar surface area (TPSA) is 3.24 Å². The van der Waals surface area contributed by atoms with Crippen LogP contribution in [-0.2, 0) is 0 Å². The second-order valence-corrected chi connectivity index (χ2v) is 3.54. The molecule has 9 heavy (non-hydrogen) atoms. The van der Waals surface area contributed by atoms with E-state index in [1.54, 1.807) is 0 Å². The van der Waals surface area contributed by atoms with Crippen LogP contribution >= 0.6 is 0 Å². The molecular formula is C8H15N. The summed E-state index contributed by atoms with van der Waals surface area (Å²) in [5, 5.41) is 0. The van der Waals surface area contributed by atoms with Crippen molar-refractivity contribution in [1.29, 1.82) is 0 Å². The average Bonchev–Trinajstić information content (AvgIpc) is 1.86. The van der Waals surface area contributed by atoms with Crippen molar-refractivity contribution in [2.24, 2.45) is 5.92 Å². The van der Waals surface area contributed by atoms with E-state index in [1.807, 2.05) is 0 Å². The molecule has 0 bridgehead atoms. The predicted molar refractivity (Wildman–Crippen MR) is 38.4 cm³/mol. The van der Waals surface area contributed by atoms with Crippen LogP contribution in [0.2, 0.25) is 0 Å². The molecular weight excluding hydrogens is 110 g/mol. The molecule has 1 heteroatoms. The van der Waals surface area contributed by atoms with E-state index in [0.717, 1.165) is 12.0 Å². The van der Waals surface area contributed by atoms with Gasteiger partial charge in [0.05, 0.1) is 0 Å². The van der Waals surface area contributed by atoms with Crippen molar-refractivity contribution in [3.8, 4) is 0 Å². The van der Waals surface area contributed by atoms with Gasteiger partial charge in [0, 0.05) is 12.6 Å². The molecule has 0 aliphatic carbocycles. The van der Waals surface area contributed by atoms with Crippen LogP contribution in [0, 0.1) is 5.92 Å². The van der Waals surface area contributed by atoms with Crippen LogP contribution < -0.4 is 0 Å². The van der Waals surface area contributed by atoms with E-state index >= 15 is 0 Å². The number of hydrogen-bond donors (Lipinski definition) is 0. The number of hydrogen-bond acceptors (Lipinski definition) is 1. The lowest BCUT2D eigenvalue weighted by atomic mass is 9.83. The molecule has 0 spiro atoms. The molecule has 2 unspecified atom stereocenters. The molecule has 1 nitrogen and oxygen atoms in total. The molecule has 0 N–H and O–H groups in total. The van der Waals surface area contributed by atoms with Gasteiger partial charge in [-0.15, -0.1) is 0 Å². The van der Waals surface area contributed by atoms with Gasteiger partial charge in [-0.3, -0.25) is 4.90 Å². The van der Waals surface area contributed by atoms with Gasteiger partial charge in [-0.25, -0.2) is 0 Å². The van der Waals surface area contributed by atoms with Gasteiger partial charge in [0.15, 0.2) is 0 Å². The van der Waals surface area contributed by atoms with Gasteiger partial charge in [-0.1, -0.05) is 13.3 Å². The zero-order valence-corrected chi connectivity index (χ0v) is 6.14. The molecule has 2 aliphatic heterocycles. The molecule has 0 aromatic rings. The molecule has 0 saturated carbocycles. The quantitative estimate of drug-likeness (QED) is 0.474. The maximum absolute atomic E-state index is 2.63. The van der Waals surface area contributed by atoms with Crippen LogP contribution in [0.5, 0.6) is 0 Å². The van der Waals surface area contributed by atoms with Crippen molar-refractivity contribution in [2.45, 2.75) is 32.2 Å². The number of piperidine rings is 1. The fourth-order valence-corrected chi connectivity index (χ4v) is 2.24. The minimum absolute atomic E-state index is 0.985. The van der Waals surface area contributed by atoms with E-state index in [0.29, 0.717) is 0 Å². The van der Waals surface area contributed by atoms with Gasteiger partial charge in [0.25, 0.3) is 0 Å². The summed E-state index contributed by atoms with van der Waals surface area (Å²) in [7, 11) is 0. The summed E-state index contributed by atoms with van der Waals surface area (Å²) in [6.07, 6.45) is 4.40. The van der Waals surface area contributed by atoms with Crippen molar-refractivity contribution in [3.05, 3.63) is 0 Å². The Hall–Kier alpha value is -0.0400. The standard InChI is InChI=1S/C8H15N/c1-7-6-9-5-3-2-4-8(7)9/h7-8H,2-6H2,1H3. The van der Waals surface area contributed by atoms with Crippen molar-refractivity contribution in [2.75, 3.05) is 13.1 Å². The average molecular weight is 125 g/mol. The Bertz CT molecular complexity index is 109. The first-order chi connectivity index (χ1) is 4.38. The fraction of sp³-hybridized carbons (Fsp3) is 1.00. The summed E-state index contributed by atoms with van der Waals surface area (Å²) in [6, 6.07) is 0.985. The summed E-state index contributed by atoms with van der Waals surface area (Å²) in [4.78, 5) is 2.63. The van der Waals surface area contributed by atoms with E-state index < -0.39 is 0 Å². The highest BCUT2D eigenvalue weighted by molar-refractivity contribution is 4.91. The van der Waals surface area contributed by atoms with Gasteiger partial charge >= 0.3 is 0 Å². The smallest absolute Gasteiger partial charge is 0.0133 e. The Morgan fingerprint density at radius 3 is 2.78 bits per heavy atom. The van der Waals surface area contributed by atoms with E-state index in [1.165, 1.54) is 32.4 Å². The minimum Gasteiger partial charge on any atom is -0.300 e. The number of rotatable bonds is 0. The molecule has 2 aliphatic rings. The third kappa shape index (κ3) is 0.787. The van der Waals surface area contributed by atoms with Gasteiger partial charge in [-0.2, -0.15) is 0 Å². The van der Waals surface area contributed by atoms with Crippen molar-refractivity contribution < 1.29 is 0 Å². The Balaban J connectivity index is 1.94. The lowest BCUT2D eigenvalue weighted by Crippen LogP contribution is -2.56. The second kappa shape index (κ2) is 1.98. The Morgan fingerprint density at radius 1 is 1.33 bits per heavy atom. The first-order valence-corrected chi connectivity index (χ1v) is 4.12. The van der Waals surface area contributed by atoms with E-state index in [-0.39, 0.29) is 0 Å². The first-order valence-electron chi connectivity index (χ1n) is 4.12. The van der Waals surface area contributed by atoms with Gasteiger partial charge < -0.3 is 0 Å². The minimum atomic E-state index is 0.985. The van der Waals surface area contributed by atoms with Crippen molar-refractivity contribution in [3.63, 3.8) is 0 Å². The Kier molecular flexibility index (Phi) is 1.26. The molecule has 0 aromatic heterocycles. The molecule has 2 fully saturated rings. The molecule has 2 rings (SSSR count). The van der Waals surface area contributed by atoms with Crippen LogP contribution in [0.15, 0.2) is 0 Å². The first kappa shape index (κ1) is 5.72. The van der Waals surface area contributed by atoms with Crippen LogP contribution in [-0.4, -0.2) is 24.0 Å². The van der Waals surface area contributed by atoms with E-state index in [9.17, 15) is 0 Å². The SMILES string of the molecule is CC1CN2CCCCC12. The third-order valence-electron chi connectivity index (χ3n) is 2.84. The highest BCUT2D eigenvalue weighted by Crippen LogP contribution is 2.31. The van der Waals surface area contributed by atoms with E-state index in [4.69, 9.17) is 0 Å². The molecule has 2 heterocycles. The monoisotopic (exact) mass is 125 g/mol. The van der Waals surface area contributed by atoms with Crippen LogP contribution in [0.3, 0.4) is 0 Å². The van der Waals surface area contributed by atoms with Crippen LogP contribution in [0.25, 0.3) is 0 Å². The highest BCUT2D eigenvalue weighted by Gasteiger charge is 2.36. The molecule has 2 atom stereocenters. The lowest BCUT2D eigenvalue weighted by Gasteiger charge is -2.49. The number of nitrogens with zero attached hydrogens (tertiary/aromatic N) is 1. The van der Waals surface area contributed by atoms with Crippen LogP contribution in [0.1, 0.15) is 26.2 Å². The summed E-state index contributed by atoms with van der Waals surface area (Å²) in [5.41, 5.74) is 0. The van der Waals surface area contributed by atoms with Crippen molar-refractivity contribution in [1.82, 2.24) is 4.90 Å². The molecule has 0 amide bonds. The summed E-state index contributed by atoms with van der Waals surface area (Å²) >= 11 is 0. The maximum atomic E-state index is 2.63. The molecule has 52 valence electrons. The summed E-state index contributed by atoms with van der Waals surface area (Å²) < 4.78 is 0. The van der Waals surface area contributed by atoms with E-state index in [2.05, 4.69) is 11.8 Å². The third-order valence-corrected chi connectivity index (χ3v) is 2.84. The zero-order chi connectivity index (χ0) is 6.27. The molecule has 2 saturated heterocycles. The lowest BCUT2D eigenvalue weighted by molar-refractivity contribution is -0.00352. The summed E-state index contributed by atoms with van der Waals surface area (Å²) in [5.74, 6) is 1.00. The largest absolute Gasteiger partial charge is 0.300 e.